The summed E-state index contributed by atoms with van der Waals surface area (Å²) in [5.41, 5.74) is 1.48. The minimum absolute atomic E-state index is 0.398. The van der Waals surface area contributed by atoms with Crippen molar-refractivity contribution in [2.45, 2.75) is 77.0 Å². The zero-order valence-electron chi connectivity index (χ0n) is 14.3. The molecule has 21 heavy (non-hydrogen) atoms. The van der Waals surface area contributed by atoms with E-state index < -0.39 is 18.4 Å². The average molecular weight is 397 g/mol. The third kappa shape index (κ3) is 7.08. The second-order valence-corrected chi connectivity index (χ2v) is 20.5. The summed E-state index contributed by atoms with van der Waals surface area (Å²) >= 11 is -2.05. The molecule has 0 atom stereocenters. The first kappa shape index (κ1) is 18.9. The summed E-state index contributed by atoms with van der Waals surface area (Å²) in [6.45, 7) is 6.99. The fourth-order valence-electron chi connectivity index (χ4n) is 3.34. The molecule has 0 spiro atoms. The Hall–Kier alpha value is -0.181. The zero-order valence-corrected chi connectivity index (χ0v) is 17.2. The van der Waals surface area contributed by atoms with Gasteiger partial charge in [0.05, 0.1) is 0 Å². The van der Waals surface area contributed by atoms with Crippen LogP contribution >= 0.6 is 0 Å². The van der Waals surface area contributed by atoms with Crippen LogP contribution in [0.3, 0.4) is 0 Å². The topological polar surface area (TPSA) is 20.2 Å². The molecule has 0 aliphatic carbocycles. The van der Waals surface area contributed by atoms with E-state index in [9.17, 15) is 5.11 Å². The molecule has 2 heteroatoms. The van der Waals surface area contributed by atoms with Crippen molar-refractivity contribution in [3.63, 3.8) is 0 Å². The average Bonchev–Trinajstić information content (AvgIpc) is 2.51. The van der Waals surface area contributed by atoms with Gasteiger partial charge in [-0.3, -0.25) is 0 Å². The number of hydrogen-bond acceptors (Lipinski definition) is 1. The fraction of sp³-hybridized carbons (Fsp3) is 0.684. The minimum atomic E-state index is -2.05. The molecule has 0 amide bonds. The number of rotatable bonds is 11. The van der Waals surface area contributed by atoms with Gasteiger partial charge in [-0.15, -0.1) is 0 Å². The van der Waals surface area contributed by atoms with E-state index in [0.29, 0.717) is 5.75 Å². The van der Waals surface area contributed by atoms with Crippen molar-refractivity contribution in [1.29, 1.82) is 0 Å². The summed E-state index contributed by atoms with van der Waals surface area (Å²) in [4.78, 5) is 0. The van der Waals surface area contributed by atoms with Crippen LogP contribution in [0.4, 0.5) is 0 Å². The molecule has 1 N–H and O–H groups in total. The number of phenolic OH excluding ortho intramolecular Hbond substituents is 1. The number of unbranched alkanes of at least 4 members (excludes halogenated alkanes) is 3. The quantitative estimate of drug-likeness (QED) is 0.433. The molecule has 1 nitrogen and oxygen atoms in total. The van der Waals surface area contributed by atoms with E-state index in [1.807, 2.05) is 12.1 Å². The molecule has 0 aromatic heterocycles. The standard InChI is InChI=1S/C7H7O.3C4H9.Sn/c1-6-2-4-7(8)5-3-6;3*1-3-4-2;/h2-5,8H,1H2;3*1,3-4H2,2H3;. The normalized spacial score (nSPS) is 11.8. The second kappa shape index (κ2) is 10.5. The van der Waals surface area contributed by atoms with Crippen LogP contribution in [0.25, 0.3) is 0 Å². The molecule has 0 aliphatic rings. The van der Waals surface area contributed by atoms with Crippen molar-refractivity contribution in [2.24, 2.45) is 0 Å². The van der Waals surface area contributed by atoms with Crippen molar-refractivity contribution < 1.29 is 5.11 Å². The van der Waals surface area contributed by atoms with Gasteiger partial charge in [0, 0.05) is 0 Å². The second-order valence-electron chi connectivity index (χ2n) is 6.65. The van der Waals surface area contributed by atoms with Gasteiger partial charge in [0.1, 0.15) is 0 Å². The molecule has 0 saturated heterocycles. The van der Waals surface area contributed by atoms with Crippen LogP contribution in [-0.4, -0.2) is 23.5 Å². The molecule has 1 rings (SSSR count). The van der Waals surface area contributed by atoms with Crippen molar-refractivity contribution in [1.82, 2.24) is 0 Å². The van der Waals surface area contributed by atoms with E-state index in [4.69, 9.17) is 0 Å². The first-order chi connectivity index (χ1) is 10.2. The van der Waals surface area contributed by atoms with Crippen molar-refractivity contribution in [3.05, 3.63) is 29.8 Å². The molecule has 0 heterocycles. The molecule has 0 aliphatic heterocycles. The van der Waals surface area contributed by atoms with E-state index in [2.05, 4.69) is 32.9 Å². The van der Waals surface area contributed by atoms with Crippen LogP contribution in [0.5, 0.6) is 5.75 Å². The van der Waals surface area contributed by atoms with Gasteiger partial charge in [0.15, 0.2) is 0 Å². The Balaban J connectivity index is 2.85. The Morgan fingerprint density at radius 3 is 1.57 bits per heavy atom. The predicted octanol–water partition coefficient (Wildman–Crippen LogP) is 6.32. The van der Waals surface area contributed by atoms with Crippen LogP contribution in [0.1, 0.15) is 64.9 Å². The summed E-state index contributed by atoms with van der Waals surface area (Å²) in [6.07, 6.45) is 8.32. The molecule has 120 valence electrons. The SMILES string of the molecule is CCC[CH2][Sn]([CH2]CCC)([CH2]CCC)[CH2]c1ccc(O)cc1. The predicted molar refractivity (Wildman–Crippen MR) is 96.7 cm³/mol. The number of hydrogen-bond donors (Lipinski definition) is 1. The van der Waals surface area contributed by atoms with E-state index in [0.717, 1.165) is 0 Å². The van der Waals surface area contributed by atoms with Crippen molar-refractivity contribution in [3.8, 4) is 5.75 Å². The molecule has 1 aromatic rings. The van der Waals surface area contributed by atoms with E-state index in [-0.39, 0.29) is 0 Å². The van der Waals surface area contributed by atoms with Gasteiger partial charge in [0.2, 0.25) is 0 Å². The van der Waals surface area contributed by atoms with E-state index in [1.54, 1.807) is 13.3 Å². The molecule has 0 unspecified atom stereocenters. The number of aromatic hydroxyl groups is 1. The summed E-state index contributed by atoms with van der Waals surface area (Å²) < 4.78 is 6.07. The third-order valence-electron chi connectivity index (χ3n) is 4.70. The maximum absolute atomic E-state index is 9.50. The van der Waals surface area contributed by atoms with Crippen LogP contribution in [0.15, 0.2) is 24.3 Å². The van der Waals surface area contributed by atoms with Gasteiger partial charge in [-0.05, 0) is 0 Å². The van der Waals surface area contributed by atoms with Gasteiger partial charge in [-0.1, -0.05) is 0 Å². The van der Waals surface area contributed by atoms with Gasteiger partial charge in [-0.25, -0.2) is 0 Å². The molecule has 0 fully saturated rings. The summed E-state index contributed by atoms with van der Waals surface area (Å²) in [5, 5.41) is 9.50. The van der Waals surface area contributed by atoms with Gasteiger partial charge < -0.3 is 0 Å². The Morgan fingerprint density at radius 1 is 0.762 bits per heavy atom. The maximum atomic E-state index is 9.50. The first-order valence-corrected chi connectivity index (χ1v) is 17.0. The molecule has 0 bridgehead atoms. The van der Waals surface area contributed by atoms with E-state index >= 15 is 0 Å². The van der Waals surface area contributed by atoms with Gasteiger partial charge in [-0.2, -0.15) is 0 Å². The Kier molecular flexibility index (Phi) is 9.46. The van der Waals surface area contributed by atoms with Crippen molar-refractivity contribution in [2.75, 3.05) is 0 Å². The Labute approximate surface area is 136 Å². The van der Waals surface area contributed by atoms with Crippen LogP contribution in [-0.2, 0) is 4.44 Å². The fourth-order valence-corrected chi connectivity index (χ4v) is 19.6. The molecular weight excluding hydrogens is 363 g/mol. The Morgan fingerprint density at radius 2 is 1.19 bits per heavy atom. The van der Waals surface area contributed by atoms with Gasteiger partial charge in [0.25, 0.3) is 0 Å². The van der Waals surface area contributed by atoms with E-state index in [1.165, 1.54) is 48.5 Å². The van der Waals surface area contributed by atoms with Crippen LogP contribution in [0, 0.1) is 0 Å². The number of benzene rings is 1. The molecule has 0 saturated carbocycles. The third-order valence-corrected chi connectivity index (χ3v) is 20.1. The molecule has 1 aromatic carbocycles. The van der Waals surface area contributed by atoms with Crippen LogP contribution < -0.4 is 0 Å². The number of phenols is 1. The monoisotopic (exact) mass is 398 g/mol. The van der Waals surface area contributed by atoms with Crippen molar-refractivity contribution >= 4 is 18.4 Å². The molecular formula is C19H34OSn. The van der Waals surface area contributed by atoms with Gasteiger partial charge >= 0.3 is 136 Å². The first-order valence-electron chi connectivity index (χ1n) is 8.93. The molecule has 0 radical (unpaired) electrons. The summed E-state index contributed by atoms with van der Waals surface area (Å²) in [5.74, 6) is 0.398. The zero-order chi connectivity index (χ0) is 15.6. The Bertz CT molecular complexity index is 350. The summed E-state index contributed by atoms with van der Waals surface area (Å²) in [6, 6.07) is 8.05. The van der Waals surface area contributed by atoms with Crippen LogP contribution in [0.2, 0.25) is 13.3 Å². The summed E-state index contributed by atoms with van der Waals surface area (Å²) in [7, 11) is 0.